The van der Waals surface area contributed by atoms with Crippen molar-refractivity contribution in [2.45, 2.75) is 57.7 Å². The molecule has 4 rings (SSSR count). The molecule has 0 radical (unpaired) electrons. The fourth-order valence-electron chi connectivity index (χ4n) is 5.10. The molecule has 2 unspecified atom stereocenters. The van der Waals surface area contributed by atoms with Crippen LogP contribution < -0.4 is 10.6 Å². The SMILES string of the molecule is CCc1cccc(CNCC(O)C(Cc2cc(F)cc(F)c2)NC(=O)c2ccc(O)c(C(=O)N3CCCCC3)c2)c1. The average molecular weight is 566 g/mol. The van der Waals surface area contributed by atoms with E-state index in [4.69, 9.17) is 0 Å². The van der Waals surface area contributed by atoms with Gasteiger partial charge >= 0.3 is 0 Å². The fraction of sp³-hybridized carbons (Fsp3) is 0.375. The van der Waals surface area contributed by atoms with E-state index in [1.54, 1.807) is 4.90 Å². The molecule has 1 aliphatic rings. The van der Waals surface area contributed by atoms with E-state index in [1.807, 2.05) is 18.2 Å². The number of amides is 2. The minimum absolute atomic E-state index is 0.0276. The molecule has 3 aromatic carbocycles. The summed E-state index contributed by atoms with van der Waals surface area (Å²) in [6, 6.07) is 14.3. The summed E-state index contributed by atoms with van der Waals surface area (Å²) >= 11 is 0. The third-order valence-electron chi connectivity index (χ3n) is 7.37. The van der Waals surface area contributed by atoms with Crippen LogP contribution in [0.25, 0.3) is 0 Å². The van der Waals surface area contributed by atoms with Gasteiger partial charge in [0, 0.05) is 37.8 Å². The maximum absolute atomic E-state index is 13.9. The fourth-order valence-corrected chi connectivity index (χ4v) is 5.10. The minimum Gasteiger partial charge on any atom is -0.507 e. The van der Waals surface area contributed by atoms with Crippen molar-refractivity contribution in [3.05, 3.63) is 100 Å². The molecule has 7 nitrogen and oxygen atoms in total. The molecular weight excluding hydrogens is 528 g/mol. The van der Waals surface area contributed by atoms with Crippen molar-refractivity contribution in [1.82, 2.24) is 15.5 Å². The predicted molar refractivity (Wildman–Crippen MR) is 153 cm³/mol. The lowest BCUT2D eigenvalue weighted by molar-refractivity contribution is 0.0721. The van der Waals surface area contributed by atoms with Crippen LogP contribution in [-0.2, 0) is 19.4 Å². The molecule has 3 aromatic rings. The molecule has 1 heterocycles. The van der Waals surface area contributed by atoms with E-state index in [0.717, 1.165) is 49.4 Å². The van der Waals surface area contributed by atoms with Gasteiger partial charge < -0.3 is 25.7 Å². The number of aryl methyl sites for hydroxylation is 1. The second-order valence-electron chi connectivity index (χ2n) is 10.5. The van der Waals surface area contributed by atoms with E-state index in [1.165, 1.54) is 23.8 Å². The van der Waals surface area contributed by atoms with Crippen molar-refractivity contribution in [2.24, 2.45) is 0 Å². The quantitative estimate of drug-likeness (QED) is 0.277. The first-order valence-corrected chi connectivity index (χ1v) is 14.1. The Morgan fingerprint density at radius 2 is 1.63 bits per heavy atom. The molecule has 2 atom stereocenters. The van der Waals surface area contributed by atoms with Gasteiger partial charge in [0.05, 0.1) is 17.7 Å². The second kappa shape index (κ2) is 14.2. The van der Waals surface area contributed by atoms with Crippen molar-refractivity contribution in [2.75, 3.05) is 19.6 Å². The number of aliphatic hydroxyl groups is 1. The summed E-state index contributed by atoms with van der Waals surface area (Å²) in [6.07, 6.45) is 2.56. The van der Waals surface area contributed by atoms with Crippen molar-refractivity contribution < 1.29 is 28.6 Å². The van der Waals surface area contributed by atoms with Gasteiger partial charge in [0.2, 0.25) is 0 Å². The predicted octanol–water partition coefficient (Wildman–Crippen LogP) is 4.35. The highest BCUT2D eigenvalue weighted by molar-refractivity contribution is 6.01. The molecule has 9 heteroatoms. The number of carbonyl (C=O) groups is 2. The van der Waals surface area contributed by atoms with Crippen LogP contribution in [0, 0.1) is 11.6 Å². The molecule has 2 amide bonds. The number of benzene rings is 3. The summed E-state index contributed by atoms with van der Waals surface area (Å²) in [5.74, 6) is -2.67. The number of aliphatic hydroxyl groups excluding tert-OH is 1. The van der Waals surface area contributed by atoms with E-state index in [0.29, 0.717) is 19.6 Å². The van der Waals surface area contributed by atoms with Gasteiger partial charge in [-0.3, -0.25) is 9.59 Å². The van der Waals surface area contributed by atoms with Crippen molar-refractivity contribution >= 4 is 11.8 Å². The number of hydrogen-bond donors (Lipinski definition) is 4. The van der Waals surface area contributed by atoms with Gasteiger partial charge in [0.25, 0.3) is 11.8 Å². The third kappa shape index (κ3) is 8.34. The average Bonchev–Trinajstić information content (AvgIpc) is 2.96. The van der Waals surface area contributed by atoms with Gasteiger partial charge in [-0.15, -0.1) is 0 Å². The smallest absolute Gasteiger partial charge is 0.257 e. The Kier molecular flexibility index (Phi) is 10.4. The summed E-state index contributed by atoms with van der Waals surface area (Å²) in [7, 11) is 0. The molecule has 0 aliphatic carbocycles. The number of hydrogen-bond acceptors (Lipinski definition) is 5. The van der Waals surface area contributed by atoms with Crippen molar-refractivity contribution in [1.29, 1.82) is 0 Å². The number of phenolic OH excluding ortho intramolecular Hbond substituents is 1. The number of rotatable bonds is 11. The Labute approximate surface area is 239 Å². The van der Waals surface area contributed by atoms with Crippen molar-refractivity contribution in [3.8, 4) is 5.75 Å². The second-order valence-corrected chi connectivity index (χ2v) is 10.5. The third-order valence-corrected chi connectivity index (χ3v) is 7.37. The summed E-state index contributed by atoms with van der Waals surface area (Å²) < 4.78 is 27.8. The molecule has 0 saturated carbocycles. The molecule has 0 bridgehead atoms. The standard InChI is InChI=1S/C32H37F2N3O4/c1-2-21-7-6-8-22(13-21)19-35-20-30(39)28(16-23-14-25(33)18-26(34)15-23)36-31(40)24-9-10-29(38)27(17-24)32(41)37-11-4-3-5-12-37/h6-10,13-15,17-18,28,30,35,38-39H,2-5,11-12,16,19-20H2,1H3,(H,36,40). The maximum Gasteiger partial charge on any atom is 0.257 e. The maximum atomic E-state index is 13.9. The minimum atomic E-state index is -1.11. The van der Waals surface area contributed by atoms with Crippen molar-refractivity contribution in [3.63, 3.8) is 0 Å². The Morgan fingerprint density at radius 3 is 2.34 bits per heavy atom. The Morgan fingerprint density at radius 1 is 0.927 bits per heavy atom. The molecule has 0 aromatic heterocycles. The molecule has 1 aliphatic heterocycles. The number of nitrogens with one attached hydrogen (secondary N) is 2. The highest BCUT2D eigenvalue weighted by atomic mass is 19.1. The first-order chi connectivity index (χ1) is 19.7. The van der Waals surface area contributed by atoms with Gasteiger partial charge in [0.15, 0.2) is 0 Å². The highest BCUT2D eigenvalue weighted by Gasteiger charge is 2.25. The van der Waals surface area contributed by atoms with Gasteiger partial charge in [-0.05, 0) is 79.1 Å². The largest absolute Gasteiger partial charge is 0.507 e. The van der Waals surface area contributed by atoms with E-state index in [-0.39, 0.29) is 41.3 Å². The van der Waals surface area contributed by atoms with E-state index in [2.05, 4.69) is 23.6 Å². The monoisotopic (exact) mass is 565 g/mol. The lowest BCUT2D eigenvalue weighted by Crippen LogP contribution is -2.48. The van der Waals surface area contributed by atoms with Gasteiger partial charge in [0.1, 0.15) is 17.4 Å². The van der Waals surface area contributed by atoms with Crippen LogP contribution in [0.3, 0.4) is 0 Å². The molecule has 4 N–H and O–H groups in total. The molecule has 218 valence electrons. The zero-order valence-corrected chi connectivity index (χ0v) is 23.2. The zero-order chi connectivity index (χ0) is 29.4. The lowest BCUT2D eigenvalue weighted by atomic mass is 9.99. The number of nitrogens with zero attached hydrogens (tertiary/aromatic N) is 1. The van der Waals surface area contributed by atoms with Crippen LogP contribution in [0.4, 0.5) is 8.78 Å². The summed E-state index contributed by atoms with van der Waals surface area (Å²) in [5, 5.41) is 27.4. The number of piperidine rings is 1. The van der Waals surface area contributed by atoms with Crippen LogP contribution in [-0.4, -0.2) is 58.7 Å². The first-order valence-electron chi connectivity index (χ1n) is 14.1. The first kappa shape index (κ1) is 30.1. The number of carbonyl (C=O) groups excluding carboxylic acids is 2. The number of aromatic hydroxyl groups is 1. The van der Waals surface area contributed by atoms with E-state index in [9.17, 15) is 28.6 Å². The summed E-state index contributed by atoms with van der Waals surface area (Å²) in [4.78, 5) is 28.0. The molecule has 0 spiro atoms. The van der Waals surface area contributed by atoms with Crippen LogP contribution in [0.5, 0.6) is 5.75 Å². The summed E-state index contributed by atoms with van der Waals surface area (Å²) in [5.41, 5.74) is 2.65. The normalized spacial score (nSPS) is 14.9. The highest BCUT2D eigenvalue weighted by Crippen LogP contribution is 2.23. The topological polar surface area (TPSA) is 102 Å². The number of halogens is 2. The number of phenols is 1. The van der Waals surface area contributed by atoms with Crippen LogP contribution in [0.2, 0.25) is 0 Å². The van der Waals surface area contributed by atoms with Gasteiger partial charge in [-0.2, -0.15) is 0 Å². The Balaban J connectivity index is 1.49. The van der Waals surface area contributed by atoms with Crippen LogP contribution in [0.1, 0.15) is 63.6 Å². The molecule has 41 heavy (non-hydrogen) atoms. The molecule has 1 saturated heterocycles. The molecule has 1 fully saturated rings. The van der Waals surface area contributed by atoms with Gasteiger partial charge in [-0.1, -0.05) is 31.2 Å². The lowest BCUT2D eigenvalue weighted by Gasteiger charge is -2.27. The molecular formula is C32H37F2N3O4. The van der Waals surface area contributed by atoms with E-state index < -0.39 is 29.7 Å². The van der Waals surface area contributed by atoms with Crippen LogP contribution in [0.15, 0.2) is 60.7 Å². The number of likely N-dealkylation sites (tertiary alicyclic amines) is 1. The van der Waals surface area contributed by atoms with E-state index >= 15 is 0 Å². The zero-order valence-electron chi connectivity index (χ0n) is 23.2. The van der Waals surface area contributed by atoms with Gasteiger partial charge in [-0.25, -0.2) is 8.78 Å². The van der Waals surface area contributed by atoms with Crippen LogP contribution >= 0.6 is 0 Å². The Hall–Kier alpha value is -3.82. The Bertz CT molecular complexity index is 1340. The summed E-state index contributed by atoms with van der Waals surface area (Å²) in [6.45, 7) is 3.83.